The molecule has 1 aromatic carbocycles. The van der Waals surface area contributed by atoms with Gasteiger partial charge in [0.2, 0.25) is 0 Å². The number of esters is 1. The number of amides is 1. The van der Waals surface area contributed by atoms with Crippen molar-refractivity contribution in [1.29, 1.82) is 0 Å². The lowest BCUT2D eigenvalue weighted by atomic mass is 10.1. The number of rotatable bonds is 7. The Labute approximate surface area is 168 Å². The number of nitrogens with zero attached hydrogens (tertiary/aromatic N) is 2. The first kappa shape index (κ1) is 21.2. The van der Waals surface area contributed by atoms with Crippen LogP contribution in [0, 0.1) is 26.7 Å². The molecule has 2 aromatic rings. The fourth-order valence-electron chi connectivity index (χ4n) is 2.81. The second-order valence-electron chi connectivity index (χ2n) is 7.07. The minimum absolute atomic E-state index is 0.111. The van der Waals surface area contributed by atoms with Gasteiger partial charge >= 0.3 is 5.97 Å². The third-order valence-corrected chi connectivity index (χ3v) is 4.71. The largest absolute Gasteiger partial charge is 0.455 e. The number of carbonyl (C=O) groups is 2. The van der Waals surface area contributed by atoms with Gasteiger partial charge in [0.15, 0.2) is 6.61 Å². The zero-order chi connectivity index (χ0) is 20.1. The third-order valence-electron chi connectivity index (χ3n) is 4.22. The van der Waals surface area contributed by atoms with Gasteiger partial charge in [0, 0.05) is 28.0 Å². The van der Waals surface area contributed by atoms with Crippen LogP contribution < -0.4 is 5.32 Å². The predicted molar refractivity (Wildman–Crippen MR) is 109 cm³/mol. The molecule has 0 saturated heterocycles. The normalized spacial score (nSPS) is 10.9. The summed E-state index contributed by atoms with van der Waals surface area (Å²) < 4.78 is 8.01. The first-order valence-corrected chi connectivity index (χ1v) is 9.71. The predicted octanol–water partition coefficient (Wildman–Crippen LogP) is 3.95. The van der Waals surface area contributed by atoms with E-state index < -0.39 is 5.97 Å². The molecule has 0 aliphatic carbocycles. The van der Waals surface area contributed by atoms with Gasteiger partial charge in [-0.3, -0.25) is 14.3 Å². The molecule has 0 radical (unpaired) electrons. The van der Waals surface area contributed by atoms with Gasteiger partial charge in [-0.05, 0) is 50.5 Å². The van der Waals surface area contributed by atoms with Crippen LogP contribution in [0.15, 0.2) is 22.7 Å². The molecule has 0 unspecified atom stereocenters. The summed E-state index contributed by atoms with van der Waals surface area (Å²) in [6, 6.07) is 5.55. The Morgan fingerprint density at radius 1 is 1.26 bits per heavy atom. The van der Waals surface area contributed by atoms with Gasteiger partial charge in [-0.2, -0.15) is 5.10 Å². The Balaban J connectivity index is 1.91. The summed E-state index contributed by atoms with van der Waals surface area (Å²) in [5.74, 6) is -0.334. The second-order valence-corrected chi connectivity index (χ2v) is 7.99. The summed E-state index contributed by atoms with van der Waals surface area (Å²) >= 11 is 3.38. The summed E-state index contributed by atoms with van der Waals surface area (Å²) in [5, 5.41) is 7.25. The molecule has 0 aliphatic heterocycles. The highest BCUT2D eigenvalue weighted by Crippen LogP contribution is 2.20. The third kappa shape index (κ3) is 5.92. The van der Waals surface area contributed by atoms with Gasteiger partial charge in [0.05, 0.1) is 12.1 Å². The molecule has 1 heterocycles. The summed E-state index contributed by atoms with van der Waals surface area (Å²) in [7, 11) is 0. The van der Waals surface area contributed by atoms with Crippen molar-refractivity contribution >= 4 is 33.5 Å². The SMILES string of the molecule is Cc1cc(Br)ccc1NC(=O)COC(=O)Cc1c(C)nn(CC(C)C)c1C. The highest BCUT2D eigenvalue weighted by atomic mass is 79.9. The molecule has 0 saturated carbocycles. The lowest BCUT2D eigenvalue weighted by Gasteiger charge is -2.10. The number of aryl methyl sites for hydroxylation is 2. The number of nitrogens with one attached hydrogen (secondary N) is 1. The van der Waals surface area contributed by atoms with Gasteiger partial charge < -0.3 is 10.1 Å². The zero-order valence-electron chi connectivity index (χ0n) is 16.4. The van der Waals surface area contributed by atoms with Crippen LogP contribution in [-0.2, 0) is 27.3 Å². The van der Waals surface area contributed by atoms with Crippen LogP contribution in [-0.4, -0.2) is 28.3 Å². The molecule has 0 aliphatic rings. The topological polar surface area (TPSA) is 73.2 Å². The monoisotopic (exact) mass is 435 g/mol. The zero-order valence-corrected chi connectivity index (χ0v) is 18.0. The molecule has 1 amide bonds. The Kier molecular flexibility index (Phi) is 7.18. The molecule has 1 N–H and O–H groups in total. The van der Waals surface area contributed by atoms with Gasteiger partial charge in [-0.1, -0.05) is 29.8 Å². The van der Waals surface area contributed by atoms with Crippen molar-refractivity contribution in [3.05, 3.63) is 45.2 Å². The first-order valence-electron chi connectivity index (χ1n) is 8.92. The van der Waals surface area contributed by atoms with E-state index in [4.69, 9.17) is 4.74 Å². The molecule has 2 rings (SSSR count). The maximum Gasteiger partial charge on any atom is 0.310 e. The standard InChI is InChI=1S/C20H26BrN3O3/c1-12(2)10-24-15(5)17(14(4)23-24)9-20(26)27-11-19(25)22-18-7-6-16(21)8-13(18)3/h6-8,12H,9-11H2,1-5H3,(H,22,25). The van der Waals surface area contributed by atoms with Crippen molar-refractivity contribution in [2.45, 2.75) is 47.6 Å². The molecule has 7 heteroatoms. The van der Waals surface area contributed by atoms with Crippen molar-refractivity contribution < 1.29 is 14.3 Å². The maximum absolute atomic E-state index is 12.2. The highest BCUT2D eigenvalue weighted by molar-refractivity contribution is 9.10. The highest BCUT2D eigenvalue weighted by Gasteiger charge is 2.17. The summed E-state index contributed by atoms with van der Waals surface area (Å²) in [4.78, 5) is 24.2. The van der Waals surface area contributed by atoms with E-state index in [1.54, 1.807) is 6.07 Å². The molecule has 0 spiro atoms. The van der Waals surface area contributed by atoms with Crippen LogP contribution >= 0.6 is 15.9 Å². The molecule has 0 bridgehead atoms. The Morgan fingerprint density at radius 2 is 1.96 bits per heavy atom. The number of benzene rings is 1. The van der Waals surface area contributed by atoms with E-state index >= 15 is 0 Å². The lowest BCUT2D eigenvalue weighted by Crippen LogP contribution is -2.22. The van der Waals surface area contributed by atoms with Crippen molar-refractivity contribution in [2.24, 2.45) is 5.92 Å². The molecule has 0 atom stereocenters. The van der Waals surface area contributed by atoms with Crippen molar-refractivity contribution in [3.63, 3.8) is 0 Å². The first-order chi connectivity index (χ1) is 12.7. The summed E-state index contributed by atoms with van der Waals surface area (Å²) in [5.41, 5.74) is 4.27. The van der Waals surface area contributed by atoms with Crippen LogP contribution in [0.5, 0.6) is 0 Å². The fraction of sp³-hybridized carbons (Fsp3) is 0.450. The number of ether oxygens (including phenoxy) is 1. The van der Waals surface area contributed by atoms with Crippen LogP contribution in [0.3, 0.4) is 0 Å². The van der Waals surface area contributed by atoms with Gasteiger partial charge in [-0.15, -0.1) is 0 Å². The van der Waals surface area contributed by atoms with E-state index in [0.29, 0.717) is 11.6 Å². The van der Waals surface area contributed by atoms with Gasteiger partial charge in [0.25, 0.3) is 5.91 Å². The van der Waals surface area contributed by atoms with Crippen LogP contribution in [0.4, 0.5) is 5.69 Å². The van der Waals surface area contributed by atoms with Crippen LogP contribution in [0.25, 0.3) is 0 Å². The average molecular weight is 436 g/mol. The van der Waals surface area contributed by atoms with Crippen molar-refractivity contribution in [1.82, 2.24) is 9.78 Å². The number of aromatic nitrogens is 2. The smallest absolute Gasteiger partial charge is 0.310 e. The average Bonchev–Trinajstić information content (AvgIpc) is 2.82. The van der Waals surface area contributed by atoms with E-state index in [-0.39, 0.29) is 18.9 Å². The molecule has 6 nitrogen and oxygen atoms in total. The van der Waals surface area contributed by atoms with Crippen LogP contribution in [0.1, 0.15) is 36.4 Å². The Bertz CT molecular complexity index is 843. The van der Waals surface area contributed by atoms with Gasteiger partial charge in [0.1, 0.15) is 0 Å². The summed E-state index contributed by atoms with van der Waals surface area (Å²) in [6.45, 7) is 10.5. The van der Waals surface area contributed by atoms with Crippen LogP contribution in [0.2, 0.25) is 0 Å². The molecular weight excluding hydrogens is 410 g/mol. The van der Waals surface area contributed by atoms with Crippen molar-refractivity contribution in [2.75, 3.05) is 11.9 Å². The molecule has 146 valence electrons. The number of hydrogen-bond donors (Lipinski definition) is 1. The minimum Gasteiger partial charge on any atom is -0.455 e. The maximum atomic E-state index is 12.2. The molecule has 27 heavy (non-hydrogen) atoms. The molecule has 1 aromatic heterocycles. The van der Waals surface area contributed by atoms with E-state index in [2.05, 4.69) is 40.2 Å². The minimum atomic E-state index is -0.437. The molecular formula is C20H26BrN3O3. The van der Waals surface area contributed by atoms with Gasteiger partial charge in [-0.25, -0.2) is 0 Å². The number of halogens is 1. The second kappa shape index (κ2) is 9.17. The Hall–Kier alpha value is -2.15. The van der Waals surface area contributed by atoms with E-state index in [0.717, 1.165) is 33.5 Å². The fourth-order valence-corrected chi connectivity index (χ4v) is 3.28. The van der Waals surface area contributed by atoms with E-state index in [1.165, 1.54) is 0 Å². The lowest BCUT2D eigenvalue weighted by molar-refractivity contribution is -0.146. The number of anilines is 1. The number of carbonyl (C=O) groups excluding carboxylic acids is 2. The quantitative estimate of drug-likeness (QED) is 0.668. The van der Waals surface area contributed by atoms with Crippen molar-refractivity contribution in [3.8, 4) is 0 Å². The Morgan fingerprint density at radius 3 is 2.59 bits per heavy atom. The van der Waals surface area contributed by atoms with E-state index in [9.17, 15) is 9.59 Å². The number of hydrogen-bond acceptors (Lipinski definition) is 4. The van der Waals surface area contributed by atoms with E-state index in [1.807, 2.05) is 37.6 Å². The molecule has 0 fully saturated rings. The summed E-state index contributed by atoms with van der Waals surface area (Å²) in [6.07, 6.45) is 0.111.